The number of hydrogen-bond acceptors (Lipinski definition) is 3. The predicted octanol–water partition coefficient (Wildman–Crippen LogP) is 1.87. The molecule has 1 aromatic heterocycles. The van der Waals surface area contributed by atoms with Gasteiger partial charge < -0.3 is 10.4 Å². The smallest absolute Gasteiger partial charge is 0.262 e. The van der Waals surface area contributed by atoms with Crippen LogP contribution in [0.4, 0.5) is 0 Å². The Labute approximate surface area is 111 Å². The maximum Gasteiger partial charge on any atom is 0.262 e. The van der Waals surface area contributed by atoms with Gasteiger partial charge in [-0.05, 0) is 36.1 Å². The Morgan fingerprint density at radius 1 is 1.67 bits per heavy atom. The van der Waals surface area contributed by atoms with E-state index in [4.69, 9.17) is 5.11 Å². The number of carbonyl (C=O) groups excluding carboxylic acids is 1. The van der Waals surface area contributed by atoms with Crippen molar-refractivity contribution in [2.24, 2.45) is 11.8 Å². The molecule has 96 valence electrons. The molecule has 1 saturated carbocycles. The van der Waals surface area contributed by atoms with Crippen molar-refractivity contribution < 1.29 is 9.90 Å². The molecule has 2 N–H and O–H groups in total. The summed E-state index contributed by atoms with van der Waals surface area (Å²) in [5, 5.41) is 13.5. The van der Waals surface area contributed by atoms with Crippen LogP contribution in [-0.4, -0.2) is 24.2 Å². The molecule has 1 heterocycles. The first kappa shape index (κ1) is 13.1. The highest BCUT2D eigenvalue weighted by Gasteiger charge is 2.28. The van der Waals surface area contributed by atoms with Gasteiger partial charge in [-0.1, -0.05) is 18.8 Å². The van der Waals surface area contributed by atoms with Crippen LogP contribution in [0.3, 0.4) is 0 Å². The first-order valence-corrected chi connectivity index (χ1v) is 7.05. The summed E-state index contributed by atoms with van der Waals surface area (Å²) in [5.74, 6) is 6.66. The van der Waals surface area contributed by atoms with Crippen LogP contribution in [0.5, 0.6) is 0 Å². The van der Waals surface area contributed by atoms with E-state index in [1.165, 1.54) is 24.2 Å². The predicted molar refractivity (Wildman–Crippen MR) is 72.5 cm³/mol. The normalized spacial score (nSPS) is 15.7. The highest BCUT2D eigenvalue weighted by atomic mass is 32.1. The van der Waals surface area contributed by atoms with Gasteiger partial charge in [0, 0.05) is 12.1 Å². The molecule has 18 heavy (non-hydrogen) atoms. The molecule has 1 aliphatic carbocycles. The van der Waals surface area contributed by atoms with Gasteiger partial charge in [0.15, 0.2) is 0 Å². The largest absolute Gasteiger partial charge is 0.384 e. The number of aliphatic hydroxyl groups is 1. The van der Waals surface area contributed by atoms with E-state index in [1.807, 2.05) is 11.4 Å². The minimum Gasteiger partial charge on any atom is -0.384 e. The SMILES string of the molecule is CC(CNC(=O)c1sccc1C#CCO)C1CC1. The number of rotatable bonds is 4. The third kappa shape index (κ3) is 3.34. The molecule has 0 radical (unpaired) electrons. The minimum atomic E-state index is -0.185. The van der Waals surface area contributed by atoms with E-state index in [-0.39, 0.29) is 12.5 Å². The van der Waals surface area contributed by atoms with Gasteiger partial charge in [-0.2, -0.15) is 0 Å². The van der Waals surface area contributed by atoms with Gasteiger partial charge >= 0.3 is 0 Å². The minimum absolute atomic E-state index is 0.0558. The molecule has 2 rings (SSSR count). The van der Waals surface area contributed by atoms with Gasteiger partial charge in [-0.3, -0.25) is 4.79 Å². The first-order valence-electron chi connectivity index (χ1n) is 6.17. The monoisotopic (exact) mass is 263 g/mol. The van der Waals surface area contributed by atoms with Crippen LogP contribution in [0.25, 0.3) is 0 Å². The van der Waals surface area contributed by atoms with Crippen molar-refractivity contribution in [2.75, 3.05) is 13.2 Å². The maximum atomic E-state index is 12.0. The van der Waals surface area contributed by atoms with E-state index >= 15 is 0 Å². The number of aliphatic hydroxyl groups excluding tert-OH is 1. The maximum absolute atomic E-state index is 12.0. The molecule has 3 nitrogen and oxygen atoms in total. The molecule has 0 spiro atoms. The quantitative estimate of drug-likeness (QED) is 0.815. The zero-order valence-electron chi connectivity index (χ0n) is 10.4. The molecule has 0 bridgehead atoms. The average Bonchev–Trinajstić information content (AvgIpc) is 3.12. The van der Waals surface area contributed by atoms with E-state index in [1.54, 1.807) is 0 Å². The lowest BCUT2D eigenvalue weighted by molar-refractivity contribution is 0.0950. The third-order valence-corrected chi connectivity index (χ3v) is 4.10. The van der Waals surface area contributed by atoms with Crippen molar-refractivity contribution in [3.8, 4) is 11.8 Å². The molecule has 1 amide bonds. The number of nitrogens with one attached hydrogen (secondary N) is 1. The van der Waals surface area contributed by atoms with E-state index in [2.05, 4.69) is 24.1 Å². The third-order valence-electron chi connectivity index (χ3n) is 3.18. The molecular formula is C14H17NO2S. The molecular weight excluding hydrogens is 246 g/mol. The van der Waals surface area contributed by atoms with Crippen LogP contribution in [0, 0.1) is 23.7 Å². The lowest BCUT2D eigenvalue weighted by Gasteiger charge is -2.10. The van der Waals surface area contributed by atoms with Gasteiger partial charge in [-0.15, -0.1) is 11.3 Å². The van der Waals surface area contributed by atoms with Crippen molar-refractivity contribution in [3.63, 3.8) is 0 Å². The fraction of sp³-hybridized carbons (Fsp3) is 0.500. The molecule has 1 aromatic rings. The van der Waals surface area contributed by atoms with Crippen LogP contribution in [-0.2, 0) is 0 Å². The molecule has 1 atom stereocenters. The van der Waals surface area contributed by atoms with Crippen molar-refractivity contribution in [2.45, 2.75) is 19.8 Å². The Bertz CT molecular complexity index is 479. The fourth-order valence-corrected chi connectivity index (χ4v) is 2.65. The molecule has 0 saturated heterocycles. The highest BCUT2D eigenvalue weighted by Crippen LogP contribution is 2.36. The van der Waals surface area contributed by atoms with E-state index in [9.17, 15) is 4.79 Å². The van der Waals surface area contributed by atoms with Gasteiger partial charge in [-0.25, -0.2) is 0 Å². The number of hydrogen-bond donors (Lipinski definition) is 2. The van der Waals surface area contributed by atoms with Crippen LogP contribution in [0.15, 0.2) is 11.4 Å². The second-order valence-electron chi connectivity index (χ2n) is 4.65. The summed E-state index contributed by atoms with van der Waals surface area (Å²) in [5.41, 5.74) is 0.700. The Hall–Kier alpha value is -1.31. The second-order valence-corrected chi connectivity index (χ2v) is 5.56. The van der Waals surface area contributed by atoms with Gasteiger partial charge in [0.1, 0.15) is 11.5 Å². The fourth-order valence-electron chi connectivity index (χ4n) is 1.88. The lowest BCUT2D eigenvalue weighted by atomic mass is 10.1. The zero-order chi connectivity index (χ0) is 13.0. The number of thiophene rings is 1. The zero-order valence-corrected chi connectivity index (χ0v) is 11.2. The Kier molecular flexibility index (Phi) is 4.40. The summed E-state index contributed by atoms with van der Waals surface area (Å²) in [7, 11) is 0. The average molecular weight is 263 g/mol. The van der Waals surface area contributed by atoms with Crippen molar-refractivity contribution in [3.05, 3.63) is 21.9 Å². The summed E-state index contributed by atoms with van der Waals surface area (Å²) >= 11 is 1.39. The van der Waals surface area contributed by atoms with E-state index in [0.29, 0.717) is 16.4 Å². The summed E-state index contributed by atoms with van der Waals surface area (Å²) in [6.45, 7) is 2.72. The molecule has 0 aromatic carbocycles. The van der Waals surface area contributed by atoms with Crippen LogP contribution >= 0.6 is 11.3 Å². The van der Waals surface area contributed by atoms with Crippen LogP contribution < -0.4 is 5.32 Å². The molecule has 1 unspecified atom stereocenters. The molecule has 4 heteroatoms. The Morgan fingerprint density at radius 2 is 2.44 bits per heavy atom. The van der Waals surface area contributed by atoms with Gasteiger partial charge in [0.25, 0.3) is 5.91 Å². The number of carbonyl (C=O) groups is 1. The Morgan fingerprint density at radius 3 is 3.11 bits per heavy atom. The van der Waals surface area contributed by atoms with Gasteiger partial charge in [0.05, 0.1) is 0 Å². The number of amides is 1. The van der Waals surface area contributed by atoms with E-state index in [0.717, 1.165) is 12.5 Å². The highest BCUT2D eigenvalue weighted by molar-refractivity contribution is 7.12. The van der Waals surface area contributed by atoms with Crippen LogP contribution in [0.1, 0.15) is 35.0 Å². The van der Waals surface area contributed by atoms with Crippen molar-refractivity contribution >= 4 is 17.2 Å². The summed E-state index contributed by atoms with van der Waals surface area (Å²) in [6.07, 6.45) is 2.59. The molecule has 1 fully saturated rings. The standard InChI is InChI=1S/C14H17NO2S/c1-10(11-4-5-11)9-15-14(17)13-12(3-2-7-16)6-8-18-13/h6,8,10-11,16H,4-5,7,9H2,1H3,(H,15,17). The summed E-state index contributed by atoms with van der Waals surface area (Å²) < 4.78 is 0. The molecule has 1 aliphatic rings. The van der Waals surface area contributed by atoms with Crippen molar-refractivity contribution in [1.29, 1.82) is 0 Å². The Balaban J connectivity index is 1.93. The van der Waals surface area contributed by atoms with Gasteiger partial charge in [0.2, 0.25) is 0 Å². The lowest BCUT2D eigenvalue weighted by Crippen LogP contribution is -2.28. The first-order chi connectivity index (χ1) is 8.72. The second kappa shape index (κ2) is 6.03. The summed E-state index contributed by atoms with van der Waals surface area (Å²) in [4.78, 5) is 12.6. The van der Waals surface area contributed by atoms with E-state index < -0.39 is 0 Å². The summed E-state index contributed by atoms with van der Waals surface area (Å²) in [6, 6.07) is 1.81. The topological polar surface area (TPSA) is 49.3 Å². The van der Waals surface area contributed by atoms with Crippen molar-refractivity contribution in [1.82, 2.24) is 5.32 Å². The van der Waals surface area contributed by atoms with Crippen LogP contribution in [0.2, 0.25) is 0 Å². The molecule has 0 aliphatic heterocycles.